The molecule has 0 aliphatic carbocycles. The van der Waals surface area contributed by atoms with Crippen molar-refractivity contribution in [2.24, 2.45) is 11.8 Å². The molecule has 0 saturated carbocycles. The Labute approximate surface area is 251 Å². The van der Waals surface area contributed by atoms with E-state index in [1.807, 2.05) is 26.2 Å². The van der Waals surface area contributed by atoms with Crippen molar-refractivity contribution >= 4 is 18.3 Å². The van der Waals surface area contributed by atoms with E-state index in [-0.39, 0.29) is 0 Å². The van der Waals surface area contributed by atoms with Crippen molar-refractivity contribution in [3.05, 3.63) is 76.8 Å². The third kappa shape index (κ3) is 14.5. The first-order chi connectivity index (χ1) is 19.5. The Bertz CT molecular complexity index is 1020. The fourth-order valence-corrected chi connectivity index (χ4v) is 4.58. The van der Waals surface area contributed by atoms with Gasteiger partial charge in [0.25, 0.3) is 6.47 Å². The van der Waals surface area contributed by atoms with Gasteiger partial charge in [0.1, 0.15) is 6.29 Å². The van der Waals surface area contributed by atoms with E-state index in [1.165, 1.54) is 60.9 Å². The molecular weight excluding hydrogens is 510 g/mol. The standard InChI is InChI=1S/C26H34N2O.C5H12.C2H7N.C2H4O2/c1-6-24-15-23(18-29)9-10-25(24)21(4)26(16-22-8-7-12-27(5)17-22)28-13-11-19(2)14-20(28)3;1-4-5(2)3;1-3-2;1-4-2-3/h9-11,13-15,18,22H,3,6-8,12,16-17H2,1-2,4-5H3;5H,4H2,1-3H3;3H,1-2H3;2H,1H3/b26-21+;;;. The van der Waals surface area contributed by atoms with Crippen LogP contribution in [0.2, 0.25) is 0 Å². The summed E-state index contributed by atoms with van der Waals surface area (Å²) in [5.74, 6) is 1.53. The van der Waals surface area contributed by atoms with E-state index in [1.54, 1.807) is 0 Å². The quantitative estimate of drug-likeness (QED) is 0.328. The molecule has 1 unspecified atom stereocenters. The molecule has 1 aromatic carbocycles. The number of piperidine rings is 1. The van der Waals surface area contributed by atoms with Gasteiger partial charge >= 0.3 is 0 Å². The molecule has 1 saturated heterocycles. The number of rotatable bonds is 8. The zero-order chi connectivity index (χ0) is 31.4. The molecule has 1 fully saturated rings. The number of aryl methyl sites for hydroxylation is 1. The number of carbonyl (C=O) groups is 2. The molecule has 2 aliphatic heterocycles. The fourth-order valence-electron chi connectivity index (χ4n) is 4.58. The van der Waals surface area contributed by atoms with Crippen LogP contribution in [0.1, 0.15) is 88.7 Å². The molecule has 1 N–H and O–H groups in total. The van der Waals surface area contributed by atoms with Gasteiger partial charge < -0.3 is 19.9 Å². The zero-order valence-corrected chi connectivity index (χ0v) is 27.5. The summed E-state index contributed by atoms with van der Waals surface area (Å²) in [6.07, 6.45) is 13.2. The third-order valence-electron chi connectivity index (χ3n) is 7.08. The summed E-state index contributed by atoms with van der Waals surface area (Å²) in [5, 5.41) is 2.75. The van der Waals surface area contributed by atoms with Gasteiger partial charge in [-0.05, 0) is 120 Å². The van der Waals surface area contributed by atoms with E-state index in [4.69, 9.17) is 4.79 Å². The van der Waals surface area contributed by atoms with E-state index < -0.39 is 0 Å². The van der Waals surface area contributed by atoms with Gasteiger partial charge in [-0.25, -0.2) is 0 Å². The molecule has 1 aromatic rings. The summed E-state index contributed by atoms with van der Waals surface area (Å²) in [6, 6.07) is 6.08. The number of nitrogens with one attached hydrogen (secondary N) is 1. The first-order valence-electron chi connectivity index (χ1n) is 14.9. The first-order valence-corrected chi connectivity index (χ1v) is 14.9. The predicted octanol–water partition coefficient (Wildman–Crippen LogP) is 7.49. The predicted molar refractivity (Wildman–Crippen MR) is 176 cm³/mol. The first kappa shape index (κ1) is 38.0. The Balaban J connectivity index is 0.00000113. The van der Waals surface area contributed by atoms with E-state index >= 15 is 0 Å². The molecule has 6 heteroatoms. The number of aldehydes is 1. The fraction of sp³-hybridized carbons (Fsp3) is 0.543. The molecule has 0 bridgehead atoms. The summed E-state index contributed by atoms with van der Waals surface area (Å²) in [6.45, 7) is 20.2. The van der Waals surface area contributed by atoms with Crippen molar-refractivity contribution in [2.75, 3.05) is 41.3 Å². The summed E-state index contributed by atoms with van der Waals surface area (Å²) in [5.41, 5.74) is 8.06. The topological polar surface area (TPSA) is 61.9 Å². The lowest BCUT2D eigenvalue weighted by Gasteiger charge is -2.35. The van der Waals surface area contributed by atoms with Crippen molar-refractivity contribution in [3.8, 4) is 0 Å². The largest absolute Gasteiger partial charge is 0.471 e. The normalized spacial score (nSPS) is 17.0. The average molecular weight is 568 g/mol. The monoisotopic (exact) mass is 567 g/mol. The van der Waals surface area contributed by atoms with Gasteiger partial charge in [-0.1, -0.05) is 52.8 Å². The van der Waals surface area contributed by atoms with Gasteiger partial charge in [0, 0.05) is 29.7 Å². The Kier molecular flexibility index (Phi) is 20.2. The van der Waals surface area contributed by atoms with Crippen LogP contribution in [-0.2, 0) is 16.0 Å². The van der Waals surface area contributed by atoms with Crippen molar-refractivity contribution < 1.29 is 14.3 Å². The van der Waals surface area contributed by atoms with Crippen LogP contribution in [-0.4, -0.2) is 63.9 Å². The second-order valence-electron chi connectivity index (χ2n) is 11.1. The van der Waals surface area contributed by atoms with Gasteiger partial charge in [0.15, 0.2) is 0 Å². The summed E-state index contributed by atoms with van der Waals surface area (Å²) >= 11 is 0. The molecule has 0 spiro atoms. The van der Waals surface area contributed by atoms with Gasteiger partial charge in [0.2, 0.25) is 0 Å². The lowest BCUT2D eigenvalue weighted by Crippen LogP contribution is -2.33. The second kappa shape index (κ2) is 21.7. The Hall–Kier alpha value is -2.96. The summed E-state index contributed by atoms with van der Waals surface area (Å²) < 4.78 is 3.86. The van der Waals surface area contributed by atoms with Crippen molar-refractivity contribution in [1.82, 2.24) is 15.1 Å². The van der Waals surface area contributed by atoms with Crippen LogP contribution in [0.4, 0.5) is 0 Å². The Morgan fingerprint density at radius 3 is 2.29 bits per heavy atom. The number of benzene rings is 1. The highest BCUT2D eigenvalue weighted by atomic mass is 16.5. The molecule has 0 amide bonds. The number of methoxy groups -OCH3 is 1. The van der Waals surface area contributed by atoms with Crippen LogP contribution >= 0.6 is 0 Å². The number of likely N-dealkylation sites (tertiary alicyclic amines) is 1. The second-order valence-corrected chi connectivity index (χ2v) is 11.1. The maximum absolute atomic E-state index is 11.3. The minimum absolute atomic E-state index is 0.375. The minimum Gasteiger partial charge on any atom is -0.471 e. The van der Waals surface area contributed by atoms with Gasteiger partial charge in [-0.3, -0.25) is 9.59 Å². The van der Waals surface area contributed by atoms with Crippen LogP contribution in [0.5, 0.6) is 0 Å². The Morgan fingerprint density at radius 2 is 1.83 bits per heavy atom. The highest BCUT2D eigenvalue weighted by molar-refractivity contribution is 5.78. The molecule has 0 radical (unpaired) electrons. The lowest BCUT2D eigenvalue weighted by molar-refractivity contribution is -0.126. The van der Waals surface area contributed by atoms with Crippen LogP contribution in [0.25, 0.3) is 5.57 Å². The third-order valence-corrected chi connectivity index (χ3v) is 7.08. The molecule has 1 atom stereocenters. The molecule has 2 heterocycles. The van der Waals surface area contributed by atoms with Gasteiger partial charge in [-0.2, -0.15) is 0 Å². The SMILES string of the molecule is C=C1C=C(C)C=CN1/C(CC1CCCN(C)C1)=C(\C)c1ccc(C=O)cc1CC.CCC(C)C.CNC.COC=O. The molecule has 0 aromatic heterocycles. The van der Waals surface area contributed by atoms with Crippen molar-refractivity contribution in [1.29, 1.82) is 0 Å². The summed E-state index contributed by atoms with van der Waals surface area (Å²) in [4.78, 5) is 24.9. The minimum atomic E-state index is 0.375. The maximum atomic E-state index is 11.3. The molecule has 41 heavy (non-hydrogen) atoms. The molecule has 230 valence electrons. The van der Waals surface area contributed by atoms with Crippen LogP contribution < -0.4 is 5.32 Å². The van der Waals surface area contributed by atoms with Gasteiger partial charge in [-0.15, -0.1) is 0 Å². The maximum Gasteiger partial charge on any atom is 0.292 e. The number of carbonyl (C=O) groups excluding carboxylic acids is 2. The summed E-state index contributed by atoms with van der Waals surface area (Å²) in [7, 11) is 7.29. The van der Waals surface area contributed by atoms with Crippen LogP contribution in [0.15, 0.2) is 60.1 Å². The zero-order valence-electron chi connectivity index (χ0n) is 27.5. The van der Waals surface area contributed by atoms with E-state index in [0.717, 1.165) is 42.9 Å². The molecule has 6 nitrogen and oxygen atoms in total. The van der Waals surface area contributed by atoms with Crippen molar-refractivity contribution in [3.63, 3.8) is 0 Å². The number of hydrogen-bond donors (Lipinski definition) is 1. The van der Waals surface area contributed by atoms with E-state index in [0.29, 0.717) is 12.4 Å². The van der Waals surface area contributed by atoms with E-state index in [2.05, 4.69) is 99.4 Å². The van der Waals surface area contributed by atoms with Crippen LogP contribution in [0.3, 0.4) is 0 Å². The molecular formula is C35H57N3O3. The number of hydrogen-bond acceptors (Lipinski definition) is 6. The Morgan fingerprint density at radius 1 is 1.22 bits per heavy atom. The number of ether oxygens (including phenoxy) is 1. The lowest BCUT2D eigenvalue weighted by atomic mass is 9.88. The molecule has 2 aliphatic rings. The van der Waals surface area contributed by atoms with Crippen molar-refractivity contribution in [2.45, 2.75) is 73.6 Å². The highest BCUT2D eigenvalue weighted by Crippen LogP contribution is 2.35. The average Bonchev–Trinajstić information content (AvgIpc) is 2.96. The number of allylic oxidation sites excluding steroid dienone is 5. The molecule has 3 rings (SSSR count). The smallest absolute Gasteiger partial charge is 0.292 e. The van der Waals surface area contributed by atoms with Crippen LogP contribution in [0, 0.1) is 11.8 Å². The number of nitrogens with zero attached hydrogens (tertiary/aromatic N) is 2. The van der Waals surface area contributed by atoms with E-state index in [9.17, 15) is 4.79 Å². The van der Waals surface area contributed by atoms with Gasteiger partial charge in [0.05, 0.1) is 7.11 Å². The highest BCUT2D eigenvalue weighted by Gasteiger charge is 2.24.